The lowest BCUT2D eigenvalue weighted by molar-refractivity contribution is -0.122. The van der Waals surface area contributed by atoms with Gasteiger partial charge in [0.05, 0.1) is 5.60 Å². The van der Waals surface area contributed by atoms with Crippen LogP contribution in [0.1, 0.15) is 44.9 Å². The maximum atomic E-state index is 12.2. The van der Waals surface area contributed by atoms with Crippen LogP contribution in [0, 0.1) is 0 Å². The molecule has 1 amide bonds. The Balaban J connectivity index is 1.42. The van der Waals surface area contributed by atoms with Crippen molar-refractivity contribution in [2.45, 2.75) is 63.1 Å². The van der Waals surface area contributed by atoms with Crippen molar-refractivity contribution in [3.8, 4) is 0 Å². The third-order valence-electron chi connectivity index (χ3n) is 5.47. The van der Waals surface area contributed by atoms with Crippen LogP contribution in [0.2, 0.25) is 0 Å². The highest BCUT2D eigenvalue weighted by Gasteiger charge is 2.32. The van der Waals surface area contributed by atoms with Gasteiger partial charge in [-0.3, -0.25) is 9.59 Å². The molecule has 1 aliphatic heterocycles. The van der Waals surface area contributed by atoms with Crippen molar-refractivity contribution in [2.24, 2.45) is 0 Å². The Kier molecular flexibility index (Phi) is 5.91. The Morgan fingerprint density at radius 2 is 1.92 bits per heavy atom. The molecule has 3 rings (SSSR count). The first-order valence-corrected chi connectivity index (χ1v) is 9.44. The largest absolute Gasteiger partial charge is 0.389 e. The van der Waals surface area contributed by atoms with E-state index in [1.54, 1.807) is 18.3 Å². The molecule has 0 radical (unpaired) electrons. The van der Waals surface area contributed by atoms with E-state index >= 15 is 0 Å². The molecular weight excluding hydrogens is 318 g/mol. The van der Waals surface area contributed by atoms with Gasteiger partial charge in [-0.2, -0.15) is 0 Å². The molecule has 1 saturated heterocycles. The predicted octanol–water partition coefficient (Wildman–Crippen LogP) is 1.12. The summed E-state index contributed by atoms with van der Waals surface area (Å²) in [5.41, 5.74) is -0.670. The molecule has 6 heteroatoms. The Morgan fingerprint density at radius 1 is 1.20 bits per heavy atom. The average Bonchev–Trinajstić information content (AvgIpc) is 2.59. The van der Waals surface area contributed by atoms with Crippen LogP contribution in [-0.4, -0.2) is 51.8 Å². The molecule has 0 bridgehead atoms. The third kappa shape index (κ3) is 5.16. The van der Waals surface area contributed by atoms with Crippen molar-refractivity contribution in [1.82, 2.24) is 14.8 Å². The molecule has 1 aromatic rings. The molecule has 0 unspecified atom stereocenters. The number of rotatable bonds is 5. The van der Waals surface area contributed by atoms with Crippen LogP contribution >= 0.6 is 0 Å². The van der Waals surface area contributed by atoms with Gasteiger partial charge in [-0.15, -0.1) is 0 Å². The molecule has 138 valence electrons. The molecular formula is C19H29N3O3. The van der Waals surface area contributed by atoms with Crippen LogP contribution in [0.3, 0.4) is 0 Å². The van der Waals surface area contributed by atoms with E-state index in [-0.39, 0.29) is 24.1 Å². The Morgan fingerprint density at radius 3 is 2.60 bits per heavy atom. The van der Waals surface area contributed by atoms with Gasteiger partial charge < -0.3 is 19.9 Å². The van der Waals surface area contributed by atoms with Gasteiger partial charge in [0, 0.05) is 37.9 Å². The molecule has 25 heavy (non-hydrogen) atoms. The zero-order valence-corrected chi connectivity index (χ0v) is 14.8. The molecule has 1 saturated carbocycles. The zero-order valence-electron chi connectivity index (χ0n) is 14.8. The van der Waals surface area contributed by atoms with E-state index in [9.17, 15) is 14.7 Å². The molecule has 2 fully saturated rings. The van der Waals surface area contributed by atoms with Crippen molar-refractivity contribution >= 4 is 5.91 Å². The van der Waals surface area contributed by atoms with E-state index in [0.717, 1.165) is 58.2 Å². The molecule has 1 aliphatic carbocycles. The number of aliphatic hydroxyl groups is 1. The summed E-state index contributed by atoms with van der Waals surface area (Å²) in [4.78, 5) is 26.1. The second-order valence-electron chi connectivity index (χ2n) is 7.57. The van der Waals surface area contributed by atoms with Gasteiger partial charge in [0.15, 0.2) is 0 Å². The Hall–Kier alpha value is -1.66. The number of carbonyl (C=O) groups excluding carboxylic acids is 1. The van der Waals surface area contributed by atoms with Crippen molar-refractivity contribution in [3.05, 3.63) is 34.7 Å². The van der Waals surface area contributed by atoms with Crippen LogP contribution in [0.15, 0.2) is 29.2 Å². The van der Waals surface area contributed by atoms with Crippen LogP contribution in [-0.2, 0) is 11.3 Å². The summed E-state index contributed by atoms with van der Waals surface area (Å²) in [5.74, 6) is -0.113. The van der Waals surface area contributed by atoms with Crippen LogP contribution in [0.5, 0.6) is 0 Å². The second kappa shape index (κ2) is 8.15. The molecule has 0 atom stereocenters. The van der Waals surface area contributed by atoms with Crippen LogP contribution in [0.4, 0.5) is 0 Å². The molecule has 0 spiro atoms. The summed E-state index contributed by atoms with van der Waals surface area (Å²) in [7, 11) is 0. The van der Waals surface area contributed by atoms with Crippen molar-refractivity contribution in [2.75, 3.05) is 19.6 Å². The number of nitrogens with one attached hydrogen (secondary N) is 1. The normalized spacial score (nSPS) is 21.8. The summed E-state index contributed by atoms with van der Waals surface area (Å²) in [6.07, 6.45) is 8.74. The molecule has 2 aliphatic rings. The summed E-state index contributed by atoms with van der Waals surface area (Å²) >= 11 is 0. The standard InChI is InChI=1S/C19H29N3O3/c23-17(14-22-11-5-2-6-18(22)24)20-16-7-12-21(13-8-16)15-19(25)9-3-1-4-10-19/h2,5-6,11,16,25H,1,3-4,7-10,12-15H2,(H,20,23). The fourth-order valence-electron chi connectivity index (χ4n) is 4.04. The minimum absolute atomic E-state index is 0.0691. The molecule has 0 aromatic carbocycles. The van der Waals surface area contributed by atoms with Gasteiger partial charge in [-0.25, -0.2) is 0 Å². The number of hydrogen-bond donors (Lipinski definition) is 2. The lowest BCUT2D eigenvalue weighted by Crippen LogP contribution is -2.50. The average molecular weight is 347 g/mol. The highest BCUT2D eigenvalue weighted by Crippen LogP contribution is 2.29. The maximum Gasteiger partial charge on any atom is 0.250 e. The van der Waals surface area contributed by atoms with Crippen LogP contribution < -0.4 is 10.9 Å². The summed E-state index contributed by atoms with van der Waals surface area (Å²) in [6.45, 7) is 2.63. The smallest absolute Gasteiger partial charge is 0.250 e. The number of likely N-dealkylation sites (tertiary alicyclic amines) is 1. The number of pyridine rings is 1. The number of β-amino-alcohol motifs (C(OH)–C–C–N with tert-alkyl or cyclic N) is 1. The minimum atomic E-state index is -0.511. The number of carbonyl (C=O) groups is 1. The van der Waals surface area contributed by atoms with Gasteiger partial charge in [-0.1, -0.05) is 25.3 Å². The Labute approximate surface area is 148 Å². The zero-order chi connectivity index (χ0) is 17.7. The van der Waals surface area contributed by atoms with Gasteiger partial charge in [0.25, 0.3) is 5.56 Å². The number of nitrogens with zero attached hydrogens (tertiary/aromatic N) is 2. The van der Waals surface area contributed by atoms with Gasteiger partial charge >= 0.3 is 0 Å². The van der Waals surface area contributed by atoms with Crippen molar-refractivity contribution in [1.29, 1.82) is 0 Å². The molecule has 6 nitrogen and oxygen atoms in total. The van der Waals surface area contributed by atoms with E-state index in [2.05, 4.69) is 10.2 Å². The van der Waals surface area contributed by atoms with Gasteiger partial charge in [-0.05, 0) is 31.7 Å². The first-order valence-electron chi connectivity index (χ1n) is 9.44. The first kappa shape index (κ1) is 18.1. The van der Waals surface area contributed by atoms with Gasteiger partial charge in [0.1, 0.15) is 6.54 Å². The SMILES string of the molecule is O=C(Cn1ccccc1=O)NC1CCN(CC2(O)CCCCC2)CC1. The monoisotopic (exact) mass is 347 g/mol. The predicted molar refractivity (Wildman–Crippen MR) is 96.3 cm³/mol. The van der Waals surface area contributed by atoms with E-state index < -0.39 is 5.60 Å². The lowest BCUT2D eigenvalue weighted by Gasteiger charge is -2.40. The minimum Gasteiger partial charge on any atom is -0.389 e. The van der Waals surface area contributed by atoms with E-state index in [1.807, 2.05) is 0 Å². The molecule has 2 heterocycles. The van der Waals surface area contributed by atoms with Crippen LogP contribution in [0.25, 0.3) is 0 Å². The highest BCUT2D eigenvalue weighted by molar-refractivity contribution is 5.76. The molecule has 2 N–H and O–H groups in total. The van der Waals surface area contributed by atoms with E-state index in [4.69, 9.17) is 0 Å². The number of hydrogen-bond acceptors (Lipinski definition) is 4. The third-order valence-corrected chi connectivity index (χ3v) is 5.47. The van der Waals surface area contributed by atoms with Crippen molar-refractivity contribution < 1.29 is 9.90 Å². The highest BCUT2D eigenvalue weighted by atomic mass is 16.3. The number of piperidine rings is 1. The molecule has 1 aromatic heterocycles. The Bertz CT molecular complexity index is 629. The maximum absolute atomic E-state index is 12.2. The topological polar surface area (TPSA) is 74.6 Å². The van der Waals surface area contributed by atoms with Crippen molar-refractivity contribution in [3.63, 3.8) is 0 Å². The fraction of sp³-hybridized carbons (Fsp3) is 0.684. The fourth-order valence-corrected chi connectivity index (χ4v) is 4.04. The second-order valence-corrected chi connectivity index (χ2v) is 7.57. The lowest BCUT2D eigenvalue weighted by atomic mass is 9.84. The summed E-state index contributed by atoms with van der Waals surface area (Å²) in [5, 5.41) is 13.7. The van der Waals surface area contributed by atoms with E-state index in [1.165, 1.54) is 17.1 Å². The summed E-state index contributed by atoms with van der Waals surface area (Å²) in [6, 6.07) is 5.04. The first-order chi connectivity index (χ1) is 12.0. The number of aromatic nitrogens is 1. The van der Waals surface area contributed by atoms with E-state index in [0.29, 0.717) is 0 Å². The quantitative estimate of drug-likeness (QED) is 0.837. The summed E-state index contributed by atoms with van der Waals surface area (Å²) < 4.78 is 1.42. The number of amides is 1. The van der Waals surface area contributed by atoms with Gasteiger partial charge in [0.2, 0.25) is 5.91 Å².